The van der Waals surface area contributed by atoms with Crippen LogP contribution in [0.1, 0.15) is 20.0 Å². The number of thiophene rings is 2. The molecule has 7 nitrogen and oxygen atoms in total. The molecule has 1 aliphatic rings. The lowest BCUT2D eigenvalue weighted by molar-refractivity contribution is 0.102. The summed E-state index contributed by atoms with van der Waals surface area (Å²) in [5, 5.41) is 16.7. The van der Waals surface area contributed by atoms with Crippen LogP contribution in [0, 0.1) is 5.41 Å². The molecule has 0 aliphatic carbocycles. The maximum atomic E-state index is 12.7. The van der Waals surface area contributed by atoms with Gasteiger partial charge in [-0.05, 0) is 36.4 Å². The van der Waals surface area contributed by atoms with E-state index in [9.17, 15) is 9.59 Å². The van der Waals surface area contributed by atoms with Gasteiger partial charge in [-0.2, -0.15) is 0 Å². The van der Waals surface area contributed by atoms with Gasteiger partial charge in [-0.15, -0.1) is 22.7 Å². The van der Waals surface area contributed by atoms with Crippen molar-refractivity contribution in [2.75, 3.05) is 28.7 Å². The van der Waals surface area contributed by atoms with E-state index in [1.807, 2.05) is 12.1 Å². The number of nitrogens with one attached hydrogen (secondary N) is 3. The highest BCUT2D eigenvalue weighted by molar-refractivity contribution is 7.18. The summed E-state index contributed by atoms with van der Waals surface area (Å²) in [6.07, 6.45) is 0. The van der Waals surface area contributed by atoms with E-state index in [1.54, 1.807) is 39.9 Å². The molecule has 1 aromatic carbocycles. The Hall–Kier alpha value is -2.88. The van der Waals surface area contributed by atoms with Crippen molar-refractivity contribution in [3.63, 3.8) is 0 Å². The van der Waals surface area contributed by atoms with E-state index in [4.69, 9.17) is 21.7 Å². The molecule has 0 spiro atoms. The van der Waals surface area contributed by atoms with Crippen LogP contribution in [-0.2, 0) is 4.74 Å². The van der Waals surface area contributed by atoms with Crippen molar-refractivity contribution in [2.45, 2.75) is 0 Å². The maximum Gasteiger partial charge on any atom is 0.289 e. The lowest BCUT2D eigenvalue weighted by Crippen LogP contribution is -2.23. The van der Waals surface area contributed by atoms with Gasteiger partial charge in [0.05, 0.1) is 27.0 Å². The van der Waals surface area contributed by atoms with E-state index < -0.39 is 0 Å². The second-order valence-electron chi connectivity index (χ2n) is 6.06. The molecule has 3 N–H and O–H groups in total. The van der Waals surface area contributed by atoms with Crippen molar-refractivity contribution in [3.8, 4) is 0 Å². The fourth-order valence-electron chi connectivity index (χ4n) is 2.77. The van der Waals surface area contributed by atoms with Gasteiger partial charge in [-0.1, -0.05) is 11.6 Å². The molecule has 0 atom stereocenters. The number of ether oxygens (including phenoxy) is 1. The number of nitrogens with zero attached hydrogens (tertiary/aromatic N) is 1. The van der Waals surface area contributed by atoms with Crippen LogP contribution in [0.5, 0.6) is 0 Å². The highest BCUT2D eigenvalue weighted by Gasteiger charge is 2.20. The number of amidine groups is 1. The fourth-order valence-corrected chi connectivity index (χ4v) is 4.47. The van der Waals surface area contributed by atoms with Crippen molar-refractivity contribution in [1.29, 1.82) is 5.41 Å². The van der Waals surface area contributed by atoms with E-state index in [1.165, 1.54) is 22.7 Å². The number of anilines is 3. The number of carbonyl (C=O) groups is 2. The van der Waals surface area contributed by atoms with Crippen LogP contribution in [0.3, 0.4) is 0 Å². The second kappa shape index (κ2) is 8.24. The molecule has 0 radical (unpaired) electrons. The average molecular weight is 447 g/mol. The van der Waals surface area contributed by atoms with Crippen LogP contribution in [0.25, 0.3) is 0 Å². The first kappa shape index (κ1) is 19.4. The third kappa shape index (κ3) is 4.26. The molecule has 3 heterocycles. The predicted molar refractivity (Wildman–Crippen MR) is 117 cm³/mol. The van der Waals surface area contributed by atoms with Gasteiger partial charge in [0, 0.05) is 22.1 Å². The van der Waals surface area contributed by atoms with Crippen molar-refractivity contribution in [1.82, 2.24) is 0 Å². The molecular formula is C19H15ClN4O3S2. The number of rotatable bonds is 5. The highest BCUT2D eigenvalue weighted by atomic mass is 35.5. The van der Waals surface area contributed by atoms with Crippen molar-refractivity contribution in [2.24, 2.45) is 0 Å². The van der Waals surface area contributed by atoms with E-state index in [0.29, 0.717) is 39.3 Å². The first-order chi connectivity index (χ1) is 14.0. The molecule has 4 rings (SSSR count). The quantitative estimate of drug-likeness (QED) is 0.527. The van der Waals surface area contributed by atoms with Crippen LogP contribution in [-0.4, -0.2) is 31.0 Å². The summed E-state index contributed by atoms with van der Waals surface area (Å²) in [4.78, 5) is 27.2. The molecule has 148 valence electrons. The molecule has 0 unspecified atom stereocenters. The smallest absolute Gasteiger partial charge is 0.289 e. The van der Waals surface area contributed by atoms with Gasteiger partial charge in [0.25, 0.3) is 17.8 Å². The van der Waals surface area contributed by atoms with Crippen LogP contribution >= 0.6 is 34.3 Å². The Morgan fingerprint density at radius 2 is 1.86 bits per heavy atom. The third-order valence-electron chi connectivity index (χ3n) is 4.19. The lowest BCUT2D eigenvalue weighted by atomic mass is 10.2. The largest absolute Gasteiger partial charge is 0.463 e. The summed E-state index contributed by atoms with van der Waals surface area (Å²) in [7, 11) is 0. The van der Waals surface area contributed by atoms with E-state index in [-0.39, 0.29) is 17.8 Å². The summed E-state index contributed by atoms with van der Waals surface area (Å²) in [5.41, 5.74) is 2.26. The maximum absolute atomic E-state index is 12.7. The second-order valence-corrected chi connectivity index (χ2v) is 8.52. The van der Waals surface area contributed by atoms with E-state index in [0.717, 1.165) is 5.69 Å². The van der Waals surface area contributed by atoms with Crippen molar-refractivity contribution < 1.29 is 14.3 Å². The zero-order valence-electron chi connectivity index (χ0n) is 14.9. The van der Waals surface area contributed by atoms with Gasteiger partial charge in [-0.3, -0.25) is 19.9 Å². The highest BCUT2D eigenvalue weighted by Crippen LogP contribution is 2.27. The fraction of sp³-hybridized carbons (Fsp3) is 0.105. The van der Waals surface area contributed by atoms with Crippen LogP contribution < -0.4 is 15.5 Å². The molecule has 0 saturated carbocycles. The van der Waals surface area contributed by atoms with Gasteiger partial charge in [0.2, 0.25) is 0 Å². The van der Waals surface area contributed by atoms with E-state index in [2.05, 4.69) is 10.6 Å². The zero-order chi connectivity index (χ0) is 20.4. The summed E-state index contributed by atoms with van der Waals surface area (Å²) in [5.74, 6) is -0.634. The molecule has 1 aliphatic heterocycles. The molecule has 1 saturated heterocycles. The number of halogens is 1. The molecule has 1 fully saturated rings. The summed E-state index contributed by atoms with van der Waals surface area (Å²) in [6, 6.07) is 10.6. The number of amides is 2. The number of benzene rings is 1. The topological polar surface area (TPSA) is 94.5 Å². The average Bonchev–Trinajstić information content (AvgIpc) is 3.44. The Morgan fingerprint density at radius 1 is 1.07 bits per heavy atom. The standard InChI is InChI=1S/C19H15ClN4O3S2/c20-16-6-5-15(29-16)18(26)23-14-10-28-9-13(14)17(25)22-11-1-3-12(4-2-11)24-7-8-27-19(24)21/h1-6,9-10,21H,7-8H2,(H,22,25)(H,23,26). The summed E-state index contributed by atoms with van der Waals surface area (Å²) >= 11 is 8.37. The van der Waals surface area contributed by atoms with Gasteiger partial charge >= 0.3 is 0 Å². The van der Waals surface area contributed by atoms with Crippen LogP contribution in [0.15, 0.2) is 47.2 Å². The summed E-state index contributed by atoms with van der Waals surface area (Å²) < 4.78 is 5.67. The zero-order valence-corrected chi connectivity index (χ0v) is 17.3. The molecule has 3 aromatic rings. The Kier molecular flexibility index (Phi) is 5.52. The minimum atomic E-state index is -0.323. The Labute approximate surface area is 179 Å². The van der Waals surface area contributed by atoms with E-state index >= 15 is 0 Å². The first-order valence-corrected chi connectivity index (χ1v) is 10.7. The SMILES string of the molecule is N=C1OCCN1c1ccc(NC(=O)c2cscc2NC(=O)c2ccc(Cl)s2)cc1. The normalized spacial score (nSPS) is 13.3. The third-order valence-corrected chi connectivity index (χ3v) is 6.16. The lowest BCUT2D eigenvalue weighted by Gasteiger charge is -2.15. The Morgan fingerprint density at radius 3 is 2.52 bits per heavy atom. The minimum absolute atomic E-state index is 0.118. The monoisotopic (exact) mass is 446 g/mol. The van der Waals surface area contributed by atoms with Gasteiger partial charge < -0.3 is 15.4 Å². The van der Waals surface area contributed by atoms with Gasteiger partial charge in [-0.25, -0.2) is 0 Å². The first-order valence-electron chi connectivity index (χ1n) is 8.54. The molecule has 2 aromatic heterocycles. The van der Waals surface area contributed by atoms with Crippen molar-refractivity contribution >= 4 is 69.2 Å². The number of hydrogen-bond donors (Lipinski definition) is 3. The number of hydrogen-bond acceptors (Lipinski definition) is 6. The van der Waals surface area contributed by atoms with Crippen LogP contribution in [0.4, 0.5) is 17.1 Å². The Bertz CT molecular complexity index is 1080. The molecule has 10 heteroatoms. The molecule has 0 bridgehead atoms. The van der Waals surface area contributed by atoms with Gasteiger partial charge in [0.1, 0.15) is 6.61 Å². The summed E-state index contributed by atoms with van der Waals surface area (Å²) in [6.45, 7) is 1.11. The molecule has 29 heavy (non-hydrogen) atoms. The Balaban J connectivity index is 1.43. The van der Waals surface area contributed by atoms with Crippen LogP contribution in [0.2, 0.25) is 4.34 Å². The molecule has 2 amide bonds. The number of carbonyl (C=O) groups excluding carboxylic acids is 2. The predicted octanol–water partition coefficient (Wildman–Crippen LogP) is 4.74. The van der Waals surface area contributed by atoms with Crippen molar-refractivity contribution in [3.05, 3.63) is 61.9 Å². The van der Waals surface area contributed by atoms with Gasteiger partial charge in [0.15, 0.2) is 0 Å². The minimum Gasteiger partial charge on any atom is -0.463 e. The molecular weight excluding hydrogens is 432 g/mol.